The Kier molecular flexibility index (Phi) is 7.53. The second kappa shape index (κ2) is 10.8. The predicted molar refractivity (Wildman–Crippen MR) is 132 cm³/mol. The zero-order valence-electron chi connectivity index (χ0n) is 21.8. The Balaban J connectivity index is 1.39. The van der Waals surface area contributed by atoms with Gasteiger partial charge in [0.1, 0.15) is 5.69 Å². The van der Waals surface area contributed by atoms with E-state index in [1.165, 1.54) is 21.6 Å². The molecule has 40 heavy (non-hydrogen) atoms. The molecule has 2 amide bonds. The molecule has 2 aliphatic rings. The number of carbonyl (C=O) groups is 2. The Morgan fingerprint density at radius 3 is 2.40 bits per heavy atom. The molecular formula is C26H30F5N7O2. The first kappa shape index (κ1) is 28.0. The van der Waals surface area contributed by atoms with Crippen LogP contribution < -0.4 is 10.6 Å². The lowest BCUT2D eigenvalue weighted by Gasteiger charge is -2.33. The first-order valence-corrected chi connectivity index (χ1v) is 13.3. The zero-order valence-corrected chi connectivity index (χ0v) is 21.8. The normalized spacial score (nSPS) is 19.4. The van der Waals surface area contributed by atoms with Gasteiger partial charge in [0.05, 0.1) is 36.6 Å². The quantitative estimate of drug-likeness (QED) is 0.366. The molecule has 0 aromatic carbocycles. The van der Waals surface area contributed by atoms with Crippen LogP contribution in [0, 0.1) is 11.8 Å². The van der Waals surface area contributed by atoms with Crippen molar-refractivity contribution in [2.45, 2.75) is 75.5 Å². The fraction of sp³-hybridized carbons (Fsp3) is 0.577. The first-order valence-electron chi connectivity index (χ1n) is 13.3. The maximum absolute atomic E-state index is 13.9. The van der Waals surface area contributed by atoms with Crippen molar-refractivity contribution in [1.82, 2.24) is 35.0 Å². The van der Waals surface area contributed by atoms with Gasteiger partial charge in [-0.2, -0.15) is 23.4 Å². The number of fused-ring (bicyclic) bond motifs is 1. The molecule has 0 saturated heterocycles. The van der Waals surface area contributed by atoms with E-state index in [2.05, 4.69) is 25.8 Å². The molecule has 2 aliphatic carbocycles. The molecule has 1 unspecified atom stereocenters. The standard InChI is InChI=1S/C26H30F5N7O2/c1-37-19(7-11-32-37)24(40)36-23(16-4-8-25(27,28)9-5-16)18-14-38-20(34-18)12-17(13-33-38)22(15-2-3-15)35-21(39)6-10-26(29,30)31/h7,11-16,22-23H,2-6,8-10H2,1H3,(H,35,39)(H,36,40)/t22?,23-/m0/s1. The van der Waals surface area contributed by atoms with Crippen molar-refractivity contribution >= 4 is 17.5 Å². The van der Waals surface area contributed by atoms with E-state index in [0.717, 1.165) is 12.8 Å². The number of nitrogens with zero attached hydrogens (tertiary/aromatic N) is 5. The van der Waals surface area contributed by atoms with Gasteiger partial charge in [-0.25, -0.2) is 18.3 Å². The number of halogens is 5. The van der Waals surface area contributed by atoms with Crippen molar-refractivity contribution in [1.29, 1.82) is 0 Å². The monoisotopic (exact) mass is 567 g/mol. The molecule has 3 aromatic heterocycles. The molecule has 2 atom stereocenters. The highest BCUT2D eigenvalue weighted by atomic mass is 19.4. The number of carbonyl (C=O) groups excluding carboxylic acids is 2. The average Bonchev–Trinajstić information content (AvgIpc) is 3.49. The first-order chi connectivity index (χ1) is 18.9. The largest absolute Gasteiger partial charge is 0.389 e. The Hall–Kier alpha value is -3.58. The maximum atomic E-state index is 13.9. The lowest BCUT2D eigenvalue weighted by Crippen LogP contribution is -2.38. The van der Waals surface area contributed by atoms with Gasteiger partial charge in [-0.1, -0.05) is 0 Å². The van der Waals surface area contributed by atoms with Crippen LogP contribution >= 0.6 is 0 Å². The molecule has 0 aliphatic heterocycles. The summed E-state index contributed by atoms with van der Waals surface area (Å²) in [5.74, 6) is -4.05. The molecule has 3 heterocycles. The van der Waals surface area contributed by atoms with Crippen LogP contribution in [0.4, 0.5) is 22.0 Å². The third kappa shape index (κ3) is 6.58. The summed E-state index contributed by atoms with van der Waals surface area (Å²) in [5, 5.41) is 14.1. The van der Waals surface area contributed by atoms with Crippen LogP contribution in [0.2, 0.25) is 0 Å². The maximum Gasteiger partial charge on any atom is 0.389 e. The van der Waals surface area contributed by atoms with E-state index < -0.39 is 48.8 Å². The smallest absolute Gasteiger partial charge is 0.349 e. The molecule has 0 radical (unpaired) electrons. The van der Waals surface area contributed by atoms with Gasteiger partial charge in [0.15, 0.2) is 5.65 Å². The number of rotatable bonds is 9. The minimum atomic E-state index is -4.42. The van der Waals surface area contributed by atoms with Crippen LogP contribution in [0.1, 0.15) is 85.2 Å². The lowest BCUT2D eigenvalue weighted by atomic mass is 9.81. The number of hydrogen-bond acceptors (Lipinski definition) is 5. The fourth-order valence-corrected chi connectivity index (χ4v) is 5.27. The van der Waals surface area contributed by atoms with E-state index in [4.69, 9.17) is 0 Å². The average molecular weight is 568 g/mol. The Morgan fingerprint density at radius 2 is 1.77 bits per heavy atom. The van der Waals surface area contributed by atoms with Crippen LogP contribution in [0.25, 0.3) is 5.65 Å². The van der Waals surface area contributed by atoms with Gasteiger partial charge in [-0.15, -0.1) is 0 Å². The van der Waals surface area contributed by atoms with Crippen molar-refractivity contribution in [2.24, 2.45) is 18.9 Å². The molecule has 2 saturated carbocycles. The van der Waals surface area contributed by atoms with Gasteiger partial charge < -0.3 is 10.6 Å². The molecule has 2 N–H and O–H groups in total. The number of hydrogen-bond donors (Lipinski definition) is 2. The zero-order chi connectivity index (χ0) is 28.7. The molecule has 0 spiro atoms. The van der Waals surface area contributed by atoms with Crippen molar-refractivity contribution in [3.63, 3.8) is 0 Å². The molecule has 9 nitrogen and oxygen atoms in total. The molecule has 216 valence electrons. The lowest BCUT2D eigenvalue weighted by molar-refractivity contribution is -0.144. The molecule has 5 rings (SSSR count). The third-order valence-electron chi connectivity index (χ3n) is 7.66. The van der Waals surface area contributed by atoms with Crippen molar-refractivity contribution in [3.05, 3.63) is 47.7 Å². The molecule has 3 aromatic rings. The number of alkyl halides is 5. The molecule has 2 fully saturated rings. The fourth-order valence-electron chi connectivity index (χ4n) is 5.27. The minimum absolute atomic E-state index is 0.0864. The van der Waals surface area contributed by atoms with Gasteiger partial charge in [-0.3, -0.25) is 14.3 Å². The summed E-state index contributed by atoms with van der Waals surface area (Å²) in [5.41, 5.74) is 1.78. The van der Waals surface area contributed by atoms with E-state index in [9.17, 15) is 31.5 Å². The number of aryl methyl sites for hydroxylation is 1. The predicted octanol–water partition coefficient (Wildman–Crippen LogP) is 4.67. The van der Waals surface area contributed by atoms with Gasteiger partial charge in [0.2, 0.25) is 11.8 Å². The molecule has 0 bridgehead atoms. The highest BCUT2D eigenvalue weighted by Gasteiger charge is 2.40. The van der Waals surface area contributed by atoms with E-state index >= 15 is 0 Å². The van der Waals surface area contributed by atoms with E-state index in [0.29, 0.717) is 22.6 Å². The Morgan fingerprint density at radius 1 is 1.07 bits per heavy atom. The van der Waals surface area contributed by atoms with Crippen molar-refractivity contribution in [3.8, 4) is 0 Å². The number of aromatic nitrogens is 5. The second-order valence-corrected chi connectivity index (χ2v) is 10.7. The second-order valence-electron chi connectivity index (χ2n) is 10.7. The summed E-state index contributed by atoms with van der Waals surface area (Å²) >= 11 is 0. The summed E-state index contributed by atoms with van der Waals surface area (Å²) in [4.78, 5) is 30.0. The highest BCUT2D eigenvalue weighted by molar-refractivity contribution is 5.92. The van der Waals surface area contributed by atoms with Crippen LogP contribution in [0.5, 0.6) is 0 Å². The Bertz CT molecular complexity index is 1370. The summed E-state index contributed by atoms with van der Waals surface area (Å²) in [6.45, 7) is 0. The summed E-state index contributed by atoms with van der Waals surface area (Å²) in [7, 11) is 1.62. The summed E-state index contributed by atoms with van der Waals surface area (Å²) in [6, 6.07) is 2.10. The van der Waals surface area contributed by atoms with Gasteiger partial charge in [0, 0.05) is 32.5 Å². The van der Waals surface area contributed by atoms with Crippen LogP contribution in [-0.4, -0.2) is 48.3 Å². The van der Waals surface area contributed by atoms with E-state index in [-0.39, 0.29) is 37.5 Å². The van der Waals surface area contributed by atoms with Crippen LogP contribution in [0.15, 0.2) is 30.7 Å². The van der Waals surface area contributed by atoms with E-state index in [1.54, 1.807) is 25.4 Å². The van der Waals surface area contributed by atoms with Crippen molar-refractivity contribution in [2.75, 3.05) is 0 Å². The minimum Gasteiger partial charge on any atom is -0.349 e. The summed E-state index contributed by atoms with van der Waals surface area (Å²) < 4.78 is 68.5. The number of amides is 2. The highest BCUT2D eigenvalue weighted by Crippen LogP contribution is 2.43. The van der Waals surface area contributed by atoms with Crippen LogP contribution in [0.3, 0.4) is 0 Å². The Labute approximate surface area is 226 Å². The van der Waals surface area contributed by atoms with Crippen LogP contribution in [-0.2, 0) is 11.8 Å². The number of nitrogens with one attached hydrogen (secondary N) is 2. The number of imidazole rings is 1. The molecular weight excluding hydrogens is 537 g/mol. The SMILES string of the molecule is Cn1nccc1C(=O)N[C@H](c1cn2ncc(C(NC(=O)CCC(F)(F)F)C3CC3)cc2n1)C1CCC(F)(F)CC1. The third-order valence-corrected chi connectivity index (χ3v) is 7.66. The molecule has 14 heteroatoms. The van der Waals surface area contributed by atoms with Gasteiger partial charge in [-0.05, 0) is 55.2 Å². The summed E-state index contributed by atoms with van der Waals surface area (Å²) in [6.07, 6.45) is -0.157. The van der Waals surface area contributed by atoms with Gasteiger partial charge in [0.25, 0.3) is 5.91 Å². The van der Waals surface area contributed by atoms with Crippen molar-refractivity contribution < 1.29 is 31.5 Å². The van der Waals surface area contributed by atoms with E-state index in [1.807, 2.05) is 0 Å². The topological polar surface area (TPSA) is 106 Å². The van der Waals surface area contributed by atoms with Gasteiger partial charge >= 0.3 is 6.18 Å².